The molecule has 138 valence electrons. The third kappa shape index (κ3) is 4.39. The van der Waals surface area contributed by atoms with E-state index in [4.69, 9.17) is 4.42 Å². The first-order valence-electron chi connectivity index (χ1n) is 9.15. The highest BCUT2D eigenvalue weighted by atomic mass is 32.2. The second-order valence-corrected chi connectivity index (χ2v) is 7.72. The molecule has 1 aromatic heterocycles. The minimum atomic E-state index is -0.404. The standard InChI is InChI=1S/C18H27N3O3S/c1-2-16(22)21-15(13-25-18(21)14-6-11-24-12-14)17(23)19-7-10-20-8-4-3-5-9-20/h6,11-12,15,18H,2-5,7-10,13H2,1H3,(H,19,23). The molecular formula is C18H27N3O3S. The average molecular weight is 365 g/mol. The lowest BCUT2D eigenvalue weighted by Gasteiger charge is -2.29. The van der Waals surface area contributed by atoms with Gasteiger partial charge in [0.25, 0.3) is 0 Å². The third-order valence-electron chi connectivity index (χ3n) is 4.90. The highest BCUT2D eigenvalue weighted by Gasteiger charge is 2.41. The maximum absolute atomic E-state index is 12.7. The fourth-order valence-electron chi connectivity index (χ4n) is 3.51. The van der Waals surface area contributed by atoms with Crippen molar-refractivity contribution < 1.29 is 14.0 Å². The van der Waals surface area contributed by atoms with Gasteiger partial charge in [0, 0.05) is 30.8 Å². The normalized spacial score (nSPS) is 24.4. The van der Waals surface area contributed by atoms with Crippen LogP contribution < -0.4 is 5.32 Å². The van der Waals surface area contributed by atoms with Gasteiger partial charge in [-0.15, -0.1) is 11.8 Å². The summed E-state index contributed by atoms with van der Waals surface area (Å²) >= 11 is 1.62. The maximum atomic E-state index is 12.7. The fourth-order valence-corrected chi connectivity index (χ4v) is 4.93. The Bertz CT molecular complexity index is 572. The molecule has 2 aliphatic heterocycles. The molecule has 3 rings (SSSR count). The summed E-state index contributed by atoms with van der Waals surface area (Å²) in [6, 6.07) is 1.46. The summed E-state index contributed by atoms with van der Waals surface area (Å²) in [6.07, 6.45) is 7.47. The van der Waals surface area contributed by atoms with Crippen molar-refractivity contribution in [3.8, 4) is 0 Å². The van der Waals surface area contributed by atoms with Crippen LogP contribution in [0.25, 0.3) is 0 Å². The van der Waals surface area contributed by atoms with Crippen molar-refractivity contribution in [1.29, 1.82) is 0 Å². The zero-order valence-electron chi connectivity index (χ0n) is 14.8. The fraction of sp³-hybridized carbons (Fsp3) is 0.667. The van der Waals surface area contributed by atoms with Crippen LogP contribution in [-0.2, 0) is 9.59 Å². The van der Waals surface area contributed by atoms with Crippen LogP contribution in [-0.4, -0.2) is 59.6 Å². The molecule has 3 heterocycles. The van der Waals surface area contributed by atoms with Gasteiger partial charge in [0.15, 0.2) is 0 Å². The first-order valence-corrected chi connectivity index (χ1v) is 10.2. The van der Waals surface area contributed by atoms with E-state index in [0.29, 0.717) is 18.7 Å². The Morgan fingerprint density at radius 3 is 2.80 bits per heavy atom. The number of rotatable bonds is 6. The van der Waals surface area contributed by atoms with Gasteiger partial charge in [-0.05, 0) is 32.0 Å². The molecule has 0 bridgehead atoms. The Hall–Kier alpha value is -1.47. The highest BCUT2D eigenvalue weighted by molar-refractivity contribution is 7.99. The van der Waals surface area contributed by atoms with E-state index in [1.54, 1.807) is 29.2 Å². The lowest BCUT2D eigenvalue weighted by atomic mass is 10.1. The summed E-state index contributed by atoms with van der Waals surface area (Å²) in [5.41, 5.74) is 0.940. The molecule has 2 fully saturated rings. The number of thioether (sulfide) groups is 1. The highest BCUT2D eigenvalue weighted by Crippen LogP contribution is 2.41. The van der Waals surface area contributed by atoms with Crippen molar-refractivity contribution in [2.45, 2.75) is 44.0 Å². The quantitative estimate of drug-likeness (QED) is 0.837. The van der Waals surface area contributed by atoms with Gasteiger partial charge in [0.1, 0.15) is 11.4 Å². The molecule has 2 amide bonds. The van der Waals surface area contributed by atoms with Gasteiger partial charge in [-0.3, -0.25) is 9.59 Å². The minimum Gasteiger partial charge on any atom is -0.472 e. The van der Waals surface area contributed by atoms with Crippen molar-refractivity contribution in [3.63, 3.8) is 0 Å². The molecular weight excluding hydrogens is 338 g/mol. The van der Waals surface area contributed by atoms with Gasteiger partial charge in [-0.1, -0.05) is 13.3 Å². The Balaban J connectivity index is 1.57. The summed E-state index contributed by atoms with van der Waals surface area (Å²) < 4.78 is 5.16. The van der Waals surface area contributed by atoms with E-state index in [1.807, 2.05) is 13.0 Å². The number of likely N-dealkylation sites (tertiary alicyclic amines) is 1. The second kappa shape index (κ2) is 8.76. The monoisotopic (exact) mass is 365 g/mol. The minimum absolute atomic E-state index is 0.00683. The molecule has 0 aromatic carbocycles. The van der Waals surface area contributed by atoms with E-state index in [2.05, 4.69) is 10.2 Å². The number of nitrogens with zero attached hydrogens (tertiary/aromatic N) is 2. The molecule has 1 aromatic rings. The van der Waals surface area contributed by atoms with Crippen LogP contribution in [0.4, 0.5) is 0 Å². The number of hydrogen-bond donors (Lipinski definition) is 1. The molecule has 2 unspecified atom stereocenters. The molecule has 2 aliphatic rings. The van der Waals surface area contributed by atoms with Crippen LogP contribution in [0.15, 0.2) is 23.0 Å². The number of piperidine rings is 1. The van der Waals surface area contributed by atoms with Crippen LogP contribution in [0.2, 0.25) is 0 Å². The molecule has 0 saturated carbocycles. The molecule has 25 heavy (non-hydrogen) atoms. The van der Waals surface area contributed by atoms with Crippen molar-refractivity contribution in [3.05, 3.63) is 24.2 Å². The molecule has 2 atom stereocenters. The lowest BCUT2D eigenvalue weighted by molar-refractivity contribution is -0.139. The first-order chi connectivity index (χ1) is 12.2. The molecule has 6 nitrogen and oxygen atoms in total. The SMILES string of the molecule is CCC(=O)N1C(C(=O)NCCN2CCCCC2)CSC1c1ccoc1. The number of carbonyl (C=O) groups excluding carboxylic acids is 2. The summed E-state index contributed by atoms with van der Waals surface area (Å²) in [7, 11) is 0. The number of hydrogen-bond acceptors (Lipinski definition) is 5. The molecule has 7 heteroatoms. The third-order valence-corrected chi connectivity index (χ3v) is 6.22. The lowest BCUT2D eigenvalue weighted by Crippen LogP contribution is -2.49. The number of furan rings is 1. The molecule has 0 aliphatic carbocycles. The summed E-state index contributed by atoms with van der Waals surface area (Å²) in [5, 5.41) is 2.90. The predicted molar refractivity (Wildman–Crippen MR) is 98.1 cm³/mol. The smallest absolute Gasteiger partial charge is 0.243 e. The molecule has 0 radical (unpaired) electrons. The summed E-state index contributed by atoms with van der Waals surface area (Å²) in [4.78, 5) is 29.2. The predicted octanol–water partition coefficient (Wildman–Crippen LogP) is 2.23. The average Bonchev–Trinajstić information content (AvgIpc) is 3.31. The Morgan fingerprint density at radius 1 is 1.32 bits per heavy atom. The van der Waals surface area contributed by atoms with Gasteiger partial charge in [0.2, 0.25) is 11.8 Å². The van der Waals surface area contributed by atoms with Gasteiger partial charge < -0.3 is 19.5 Å². The Labute approximate surface area is 153 Å². The Kier molecular flexibility index (Phi) is 6.42. The Morgan fingerprint density at radius 2 is 2.12 bits per heavy atom. The van der Waals surface area contributed by atoms with Crippen molar-refractivity contribution in [1.82, 2.24) is 15.1 Å². The van der Waals surface area contributed by atoms with Crippen LogP contribution in [0.1, 0.15) is 43.5 Å². The second-order valence-electron chi connectivity index (χ2n) is 6.61. The summed E-state index contributed by atoms with van der Waals surface area (Å²) in [6.45, 7) is 5.61. The van der Waals surface area contributed by atoms with Crippen LogP contribution in [0.5, 0.6) is 0 Å². The van der Waals surface area contributed by atoms with E-state index in [-0.39, 0.29) is 17.2 Å². The number of carbonyl (C=O) groups is 2. The summed E-state index contributed by atoms with van der Waals surface area (Å²) in [5.74, 6) is 0.585. The van der Waals surface area contributed by atoms with E-state index in [1.165, 1.54) is 19.3 Å². The molecule has 0 spiro atoms. The van der Waals surface area contributed by atoms with Crippen LogP contribution in [0.3, 0.4) is 0 Å². The van der Waals surface area contributed by atoms with Crippen molar-refractivity contribution >= 4 is 23.6 Å². The van der Waals surface area contributed by atoms with Crippen molar-refractivity contribution in [2.24, 2.45) is 0 Å². The topological polar surface area (TPSA) is 65.8 Å². The van der Waals surface area contributed by atoms with Gasteiger partial charge in [-0.25, -0.2) is 0 Å². The largest absolute Gasteiger partial charge is 0.472 e. The molecule has 2 saturated heterocycles. The van der Waals surface area contributed by atoms with E-state index in [0.717, 1.165) is 25.2 Å². The van der Waals surface area contributed by atoms with Crippen LogP contribution >= 0.6 is 11.8 Å². The number of nitrogens with one attached hydrogen (secondary N) is 1. The zero-order valence-corrected chi connectivity index (χ0v) is 15.6. The van der Waals surface area contributed by atoms with E-state index in [9.17, 15) is 9.59 Å². The molecule has 1 N–H and O–H groups in total. The van der Waals surface area contributed by atoms with Gasteiger partial charge >= 0.3 is 0 Å². The first kappa shape index (κ1) is 18.3. The van der Waals surface area contributed by atoms with Gasteiger partial charge in [-0.2, -0.15) is 0 Å². The van der Waals surface area contributed by atoms with Gasteiger partial charge in [0.05, 0.1) is 12.5 Å². The number of amides is 2. The zero-order chi connectivity index (χ0) is 17.6. The maximum Gasteiger partial charge on any atom is 0.243 e. The van der Waals surface area contributed by atoms with Crippen LogP contribution in [0, 0.1) is 0 Å². The van der Waals surface area contributed by atoms with Crippen molar-refractivity contribution in [2.75, 3.05) is 31.9 Å². The van der Waals surface area contributed by atoms with E-state index >= 15 is 0 Å². The van der Waals surface area contributed by atoms with E-state index < -0.39 is 6.04 Å².